The van der Waals surface area contributed by atoms with Crippen LogP contribution in [-0.4, -0.2) is 16.0 Å². The highest BCUT2D eigenvalue weighted by atomic mass is 32.2. The van der Waals surface area contributed by atoms with Crippen LogP contribution in [-0.2, 0) is 0 Å². The highest BCUT2D eigenvalue weighted by Gasteiger charge is 2.11. The molecule has 1 aromatic heterocycles. The monoisotopic (exact) mass is 252 g/mol. The number of nitrogens with zero attached hydrogens (tertiary/aromatic N) is 2. The number of hydrogen-bond acceptors (Lipinski definition) is 4. The van der Waals surface area contributed by atoms with Crippen molar-refractivity contribution in [3.05, 3.63) is 17.8 Å². The summed E-state index contributed by atoms with van der Waals surface area (Å²) in [7, 11) is 0. The molecule has 90 valence electrons. The first kappa shape index (κ1) is 13.1. The van der Waals surface area contributed by atoms with E-state index in [0.717, 1.165) is 11.8 Å². The summed E-state index contributed by atoms with van der Waals surface area (Å²) < 4.78 is 41.0. The zero-order valence-electron chi connectivity index (χ0n) is 8.84. The Bertz CT molecular complexity index is 375. The number of halogens is 3. The van der Waals surface area contributed by atoms with Crippen LogP contribution in [0.2, 0.25) is 0 Å². The molecule has 0 bridgehead atoms. The Kier molecular flexibility index (Phi) is 4.85. The molecule has 1 rings (SSSR count). The molecule has 0 unspecified atom stereocenters. The van der Waals surface area contributed by atoms with E-state index in [1.165, 1.54) is 0 Å². The lowest BCUT2D eigenvalue weighted by Gasteiger charge is -1.95. The largest absolute Gasteiger partial charge is 0.416 e. The van der Waals surface area contributed by atoms with Gasteiger partial charge in [0.05, 0.1) is 0 Å². The minimum Gasteiger partial charge on any atom is -0.416 e. The zero-order chi connectivity index (χ0) is 12.1. The van der Waals surface area contributed by atoms with Crippen molar-refractivity contribution in [3.8, 4) is 0 Å². The van der Waals surface area contributed by atoms with Crippen molar-refractivity contribution in [1.29, 1.82) is 0 Å². The van der Waals surface area contributed by atoms with Crippen LogP contribution >= 0.6 is 11.8 Å². The summed E-state index contributed by atoms with van der Waals surface area (Å²) in [6, 6.07) is 0. The molecule has 0 aromatic carbocycles. The molecule has 0 radical (unpaired) electrons. The minimum absolute atomic E-state index is 0.113. The van der Waals surface area contributed by atoms with Crippen LogP contribution in [0.15, 0.2) is 21.5 Å². The van der Waals surface area contributed by atoms with Crippen molar-refractivity contribution < 1.29 is 17.6 Å². The molecule has 0 aliphatic rings. The van der Waals surface area contributed by atoms with Crippen molar-refractivity contribution in [3.63, 3.8) is 0 Å². The first-order valence-electron chi connectivity index (χ1n) is 4.66. The third-order valence-electron chi connectivity index (χ3n) is 1.67. The van der Waals surface area contributed by atoms with Gasteiger partial charge in [-0.15, -0.1) is 10.2 Å². The molecular weight excluding hydrogens is 241 g/mol. The van der Waals surface area contributed by atoms with Crippen LogP contribution in [0.5, 0.6) is 0 Å². The maximum atomic E-state index is 12.4. The molecule has 0 N–H and O–H groups in total. The van der Waals surface area contributed by atoms with Gasteiger partial charge in [0, 0.05) is 18.1 Å². The van der Waals surface area contributed by atoms with Crippen LogP contribution in [0.25, 0.3) is 0 Å². The number of allylic oxidation sites excluding steroid dienone is 1. The molecular formula is C9H11F3N2OS. The Morgan fingerprint density at radius 3 is 2.50 bits per heavy atom. The SMILES string of the molecule is CC(C)c1nnc(SCCC(F)=C(F)F)o1. The Morgan fingerprint density at radius 2 is 2.00 bits per heavy atom. The standard InChI is InChI=1S/C9H11F3N2OS/c1-5(2)8-13-14-9(15-8)16-4-3-6(10)7(11)12/h5H,3-4H2,1-2H3. The molecule has 0 spiro atoms. The van der Waals surface area contributed by atoms with Crippen LogP contribution in [0.1, 0.15) is 32.1 Å². The van der Waals surface area contributed by atoms with Gasteiger partial charge in [0.2, 0.25) is 5.89 Å². The van der Waals surface area contributed by atoms with E-state index in [1.807, 2.05) is 13.8 Å². The van der Waals surface area contributed by atoms with Gasteiger partial charge in [0.1, 0.15) is 0 Å². The number of thioether (sulfide) groups is 1. The second kappa shape index (κ2) is 5.93. The average molecular weight is 252 g/mol. The van der Waals surface area contributed by atoms with Gasteiger partial charge in [-0.3, -0.25) is 0 Å². The van der Waals surface area contributed by atoms with E-state index < -0.39 is 11.9 Å². The summed E-state index contributed by atoms with van der Waals surface area (Å²) in [6.45, 7) is 3.78. The summed E-state index contributed by atoms with van der Waals surface area (Å²) in [5.74, 6) is -0.656. The topological polar surface area (TPSA) is 38.9 Å². The summed E-state index contributed by atoms with van der Waals surface area (Å²) in [4.78, 5) is 0. The Labute approximate surface area is 95.1 Å². The highest BCUT2D eigenvalue weighted by Crippen LogP contribution is 2.23. The molecule has 0 aliphatic carbocycles. The van der Waals surface area contributed by atoms with Crippen LogP contribution < -0.4 is 0 Å². The smallest absolute Gasteiger partial charge is 0.301 e. The fourth-order valence-electron chi connectivity index (χ4n) is 0.834. The summed E-state index contributed by atoms with van der Waals surface area (Å²) in [6.07, 6.45) is -2.61. The second-order valence-corrected chi connectivity index (χ2v) is 4.37. The van der Waals surface area contributed by atoms with Crippen molar-refractivity contribution in [2.45, 2.75) is 31.4 Å². The van der Waals surface area contributed by atoms with E-state index in [4.69, 9.17) is 4.42 Å². The molecule has 0 amide bonds. The first-order valence-corrected chi connectivity index (χ1v) is 5.65. The summed E-state index contributed by atoms with van der Waals surface area (Å²) in [5, 5.41) is 7.73. The Balaban J connectivity index is 2.41. The van der Waals surface area contributed by atoms with Crippen molar-refractivity contribution >= 4 is 11.8 Å². The second-order valence-electron chi connectivity index (χ2n) is 3.32. The van der Waals surface area contributed by atoms with Gasteiger partial charge in [0.25, 0.3) is 5.22 Å². The normalized spacial score (nSPS) is 10.9. The lowest BCUT2D eigenvalue weighted by molar-refractivity contribution is 0.373. The third-order valence-corrected chi connectivity index (χ3v) is 2.49. The number of aromatic nitrogens is 2. The van der Waals surface area contributed by atoms with Crippen molar-refractivity contribution in [2.24, 2.45) is 0 Å². The van der Waals surface area contributed by atoms with E-state index in [2.05, 4.69) is 10.2 Å². The molecule has 3 nitrogen and oxygen atoms in total. The fourth-order valence-corrected chi connectivity index (χ4v) is 1.53. The van der Waals surface area contributed by atoms with Crippen molar-refractivity contribution in [1.82, 2.24) is 10.2 Å². The fraction of sp³-hybridized carbons (Fsp3) is 0.556. The summed E-state index contributed by atoms with van der Waals surface area (Å²) in [5.41, 5.74) is 0. The van der Waals surface area contributed by atoms with Gasteiger partial charge in [-0.1, -0.05) is 25.6 Å². The van der Waals surface area contributed by atoms with Gasteiger partial charge in [-0.05, 0) is 0 Å². The predicted molar refractivity (Wildman–Crippen MR) is 54.1 cm³/mol. The van der Waals surface area contributed by atoms with Gasteiger partial charge >= 0.3 is 6.08 Å². The Morgan fingerprint density at radius 1 is 1.31 bits per heavy atom. The highest BCUT2D eigenvalue weighted by molar-refractivity contribution is 7.99. The van der Waals surface area contributed by atoms with Crippen LogP contribution in [0.3, 0.4) is 0 Å². The molecule has 1 heterocycles. The maximum absolute atomic E-state index is 12.4. The molecule has 7 heteroatoms. The van der Waals surface area contributed by atoms with Gasteiger partial charge in [0.15, 0.2) is 5.83 Å². The van der Waals surface area contributed by atoms with E-state index in [1.54, 1.807) is 0 Å². The Hall–Kier alpha value is -0.980. The van der Waals surface area contributed by atoms with E-state index in [0.29, 0.717) is 5.89 Å². The first-order chi connectivity index (χ1) is 7.50. The zero-order valence-corrected chi connectivity index (χ0v) is 9.65. The van der Waals surface area contributed by atoms with Crippen molar-refractivity contribution in [2.75, 3.05) is 5.75 Å². The molecule has 0 saturated heterocycles. The van der Waals surface area contributed by atoms with E-state index >= 15 is 0 Å². The molecule has 1 aromatic rings. The molecule has 0 aliphatic heterocycles. The quantitative estimate of drug-likeness (QED) is 0.748. The van der Waals surface area contributed by atoms with Gasteiger partial charge in [-0.2, -0.15) is 8.78 Å². The number of rotatable bonds is 5. The van der Waals surface area contributed by atoms with Crippen LogP contribution in [0.4, 0.5) is 13.2 Å². The van der Waals surface area contributed by atoms with Gasteiger partial charge < -0.3 is 4.42 Å². The molecule has 0 atom stereocenters. The van der Waals surface area contributed by atoms with Gasteiger partial charge in [-0.25, -0.2) is 4.39 Å². The van der Waals surface area contributed by atoms with E-state index in [-0.39, 0.29) is 23.3 Å². The minimum atomic E-state index is -2.27. The molecule has 16 heavy (non-hydrogen) atoms. The lowest BCUT2D eigenvalue weighted by Crippen LogP contribution is -1.85. The molecule has 0 fully saturated rings. The average Bonchev–Trinajstić information content (AvgIpc) is 2.66. The lowest BCUT2D eigenvalue weighted by atomic mass is 10.2. The third kappa shape index (κ3) is 3.88. The van der Waals surface area contributed by atoms with Crippen LogP contribution in [0, 0.1) is 0 Å². The predicted octanol–water partition coefficient (Wildman–Crippen LogP) is 3.75. The number of hydrogen-bond donors (Lipinski definition) is 0. The summed E-state index contributed by atoms with van der Waals surface area (Å²) >= 11 is 1.06. The van der Waals surface area contributed by atoms with E-state index in [9.17, 15) is 13.2 Å². The maximum Gasteiger partial charge on any atom is 0.301 e. The molecule has 0 saturated carbocycles.